The van der Waals surface area contributed by atoms with Crippen molar-refractivity contribution in [2.45, 2.75) is 262 Å². The molecule has 2 aliphatic rings. The number of amides is 12. The maximum atomic E-state index is 15.0. The SMILES string of the molecule is C/C=C1\NC(=O)[C@H](Cc2ccccc2)NC(=O)[C@@H](C(C)C)NC(=O)[C@@H]([C@@H](C)CC)NC(=O)[C@H](NC(=O)[C@H](NC(=O)[C@H]2CCCN2C(=O)[C@H](NC(=O)[C@@H](NC(=O)[C@@H](NC(=O)[C@H](NC(=O)CCCC(C)C)C(C)C)[C@@H](C)O)C(C)C)C(C)C)[C@@H](C)CC)[C@@H](C)OC(=O)[C@H](C(C)C)NC1=O. The fourth-order valence-electron chi connectivity index (χ4n) is 11.3. The molecule has 12 amide bonds. The van der Waals surface area contributed by atoms with Gasteiger partial charge in [-0.1, -0.05) is 166 Å². The van der Waals surface area contributed by atoms with Crippen molar-refractivity contribution < 1.29 is 72.2 Å². The lowest BCUT2D eigenvalue weighted by Gasteiger charge is -2.34. The average molecular weight is 1360 g/mol. The lowest BCUT2D eigenvalue weighted by Crippen LogP contribution is -2.64. The van der Waals surface area contributed by atoms with Crippen molar-refractivity contribution in [1.82, 2.24) is 63.4 Å². The van der Waals surface area contributed by atoms with Gasteiger partial charge in [-0.3, -0.25) is 57.5 Å². The Morgan fingerprint density at radius 1 is 0.619 bits per heavy atom. The van der Waals surface area contributed by atoms with E-state index in [1.54, 1.807) is 127 Å². The zero-order valence-corrected chi connectivity index (χ0v) is 60.6. The zero-order chi connectivity index (χ0) is 73.5. The van der Waals surface area contributed by atoms with Crippen LogP contribution in [0.3, 0.4) is 0 Å². The summed E-state index contributed by atoms with van der Waals surface area (Å²) in [6.45, 7) is 31.8. The van der Waals surface area contributed by atoms with Crippen LogP contribution in [0.5, 0.6) is 0 Å². The molecule has 97 heavy (non-hydrogen) atoms. The van der Waals surface area contributed by atoms with Gasteiger partial charge >= 0.3 is 5.97 Å². The highest BCUT2D eigenvalue weighted by atomic mass is 16.5. The fraction of sp³-hybridized carbons (Fsp3) is 0.700. The largest absolute Gasteiger partial charge is 0.458 e. The molecule has 2 fully saturated rings. The van der Waals surface area contributed by atoms with Crippen LogP contribution in [-0.2, 0) is 73.5 Å². The Bertz CT molecular complexity index is 2920. The van der Waals surface area contributed by atoms with E-state index in [9.17, 15) is 67.4 Å². The monoisotopic (exact) mass is 1360 g/mol. The second-order valence-electron chi connectivity index (χ2n) is 28.2. The predicted octanol–water partition coefficient (Wildman–Crippen LogP) is 2.61. The smallest absolute Gasteiger partial charge is 0.329 e. The Labute approximate surface area is 573 Å². The van der Waals surface area contributed by atoms with Crippen LogP contribution in [0.2, 0.25) is 0 Å². The van der Waals surface area contributed by atoms with Crippen LogP contribution in [0.1, 0.15) is 182 Å². The second kappa shape index (κ2) is 39.4. The third-order valence-electron chi connectivity index (χ3n) is 17.9. The van der Waals surface area contributed by atoms with E-state index in [4.69, 9.17) is 4.74 Å². The van der Waals surface area contributed by atoms with Crippen LogP contribution in [0.15, 0.2) is 42.1 Å². The van der Waals surface area contributed by atoms with Crippen molar-refractivity contribution >= 4 is 76.9 Å². The molecule has 0 aliphatic carbocycles. The van der Waals surface area contributed by atoms with E-state index in [1.807, 2.05) is 13.8 Å². The number of nitrogens with one attached hydrogen (secondary N) is 11. The van der Waals surface area contributed by atoms with E-state index in [0.29, 0.717) is 37.2 Å². The van der Waals surface area contributed by atoms with E-state index in [2.05, 4.69) is 58.5 Å². The first-order chi connectivity index (χ1) is 45.4. The highest BCUT2D eigenvalue weighted by Crippen LogP contribution is 2.23. The minimum absolute atomic E-state index is 0.0260. The molecule has 3 rings (SSSR count). The van der Waals surface area contributed by atoms with Gasteiger partial charge in [-0.05, 0) is 92.9 Å². The minimum atomic E-state index is -1.80. The summed E-state index contributed by atoms with van der Waals surface area (Å²) in [6, 6.07) is -6.12. The summed E-state index contributed by atoms with van der Waals surface area (Å²) in [6.07, 6.45) is 0.986. The van der Waals surface area contributed by atoms with Gasteiger partial charge in [0.25, 0.3) is 5.91 Å². The summed E-state index contributed by atoms with van der Waals surface area (Å²) in [5.74, 6) is -14.0. The number of aliphatic hydroxyl groups excluding tert-OH is 1. The number of esters is 1. The normalized spacial score (nSPS) is 23.2. The van der Waals surface area contributed by atoms with E-state index < -0.39 is 191 Å². The molecule has 0 spiro atoms. The number of hydrogen-bond donors (Lipinski definition) is 12. The van der Waals surface area contributed by atoms with Crippen molar-refractivity contribution in [1.29, 1.82) is 0 Å². The van der Waals surface area contributed by atoms with Gasteiger partial charge in [-0.25, -0.2) is 4.79 Å². The molecule has 0 bridgehead atoms. The molecule has 27 nitrogen and oxygen atoms in total. The fourth-order valence-corrected chi connectivity index (χ4v) is 11.3. The molecule has 544 valence electrons. The number of rotatable bonds is 28. The van der Waals surface area contributed by atoms with E-state index in [0.717, 1.165) is 6.42 Å². The van der Waals surface area contributed by atoms with Crippen LogP contribution in [0, 0.1) is 47.3 Å². The summed E-state index contributed by atoms with van der Waals surface area (Å²) in [4.78, 5) is 187. The number of carbonyl (C=O) groups excluding carboxylic acids is 13. The third kappa shape index (κ3) is 24.8. The maximum Gasteiger partial charge on any atom is 0.329 e. The van der Waals surface area contributed by atoms with Gasteiger partial charge < -0.3 is 73.2 Å². The summed E-state index contributed by atoms with van der Waals surface area (Å²) in [7, 11) is 0. The predicted molar refractivity (Wildman–Crippen MR) is 365 cm³/mol. The number of allylic oxidation sites excluding steroid dienone is 1. The number of hydrogen-bond acceptors (Lipinski definition) is 15. The Balaban J connectivity index is 2.01. The Kier molecular flexibility index (Phi) is 33.8. The molecule has 27 heteroatoms. The highest BCUT2D eigenvalue weighted by molar-refractivity contribution is 6.03. The number of nitrogens with zero attached hydrogens (tertiary/aromatic N) is 1. The maximum absolute atomic E-state index is 15.0. The quantitative estimate of drug-likeness (QED) is 0.0424. The molecule has 0 aromatic heterocycles. The van der Waals surface area contributed by atoms with Crippen molar-refractivity contribution in [3.8, 4) is 0 Å². The lowest BCUT2D eigenvalue weighted by molar-refractivity contribution is -0.157. The van der Waals surface area contributed by atoms with E-state index in [1.165, 1.54) is 31.7 Å². The molecular formula is C70H114N12O15. The topological polar surface area (TPSA) is 387 Å². The number of benzene rings is 1. The molecule has 0 unspecified atom stereocenters. The number of ether oxygens (including phenoxy) is 1. The third-order valence-corrected chi connectivity index (χ3v) is 17.9. The molecule has 2 aliphatic heterocycles. The zero-order valence-electron chi connectivity index (χ0n) is 60.6. The Hall–Kier alpha value is -7.97. The molecule has 12 N–H and O–H groups in total. The molecular weight excluding hydrogens is 1250 g/mol. The molecule has 0 radical (unpaired) electrons. The average Bonchev–Trinajstić information content (AvgIpc) is 1.80. The summed E-state index contributed by atoms with van der Waals surface area (Å²) in [5, 5.41) is 40.5. The Morgan fingerprint density at radius 2 is 1.15 bits per heavy atom. The molecule has 2 heterocycles. The van der Waals surface area contributed by atoms with Gasteiger partial charge in [0.1, 0.15) is 78.3 Å². The van der Waals surface area contributed by atoms with E-state index >= 15 is 0 Å². The van der Waals surface area contributed by atoms with Gasteiger partial charge in [-0.15, -0.1) is 0 Å². The van der Waals surface area contributed by atoms with Gasteiger partial charge in [0, 0.05) is 19.4 Å². The second-order valence-corrected chi connectivity index (χ2v) is 28.2. The van der Waals surface area contributed by atoms with Crippen molar-refractivity contribution in [2.24, 2.45) is 47.3 Å². The van der Waals surface area contributed by atoms with Gasteiger partial charge in [-0.2, -0.15) is 0 Å². The van der Waals surface area contributed by atoms with Gasteiger partial charge in [0.05, 0.1) is 6.10 Å². The number of likely N-dealkylation sites (tertiary alicyclic amines) is 1. The minimum Gasteiger partial charge on any atom is -0.458 e. The standard InChI is InChI=1S/C70H114N12O15/c1-20-41(16)55(78-61(87)48-31-27-33-82(48)69(95)53(39(12)13)76-64(90)52(38(10)11)75-67(93)57(43(18)83)80-63(89)50(36(6)7)73-49(84)32-26-28-35(4)5)66(92)81-58-44(19)97-70(96)54(40(14)15)77-59(85)46(22-3)71-60(86)47(34-45-29-24-23-25-30-45)72-62(88)51(37(8)9)74-65(91)56(42(17)21-2)79-68(58)94/h22-25,29-30,35-44,47-48,50-58,83H,20-21,26-28,31-34H2,1-19H3,(H,71,86)(H,72,88)(H,73,84)(H,74,91)(H,75,93)(H,76,90)(H,77,85)(H,78,87)(H,79,94)(H,80,89)(H,81,92)/b46-22-/t41-,42-,43+,44+,47-,48+,50+,51+,52-,53+,54-,55+,56+,57-,58+/m0/s1. The molecule has 0 saturated carbocycles. The van der Waals surface area contributed by atoms with Crippen LogP contribution in [0.4, 0.5) is 0 Å². The number of cyclic esters (lactones) is 1. The first-order valence-corrected chi connectivity index (χ1v) is 34.6. The van der Waals surface area contributed by atoms with Crippen molar-refractivity contribution in [2.75, 3.05) is 6.54 Å². The summed E-state index contributed by atoms with van der Waals surface area (Å²) < 4.78 is 5.95. The van der Waals surface area contributed by atoms with Crippen LogP contribution >= 0.6 is 0 Å². The van der Waals surface area contributed by atoms with Crippen LogP contribution in [0.25, 0.3) is 0 Å². The molecule has 1 aromatic carbocycles. The van der Waals surface area contributed by atoms with Crippen LogP contribution < -0.4 is 58.5 Å². The molecule has 15 atom stereocenters. The number of carbonyl (C=O) groups is 13. The van der Waals surface area contributed by atoms with Crippen molar-refractivity contribution in [3.05, 3.63) is 47.7 Å². The van der Waals surface area contributed by atoms with Crippen LogP contribution in [-0.4, -0.2) is 172 Å². The Morgan fingerprint density at radius 3 is 1.68 bits per heavy atom. The first kappa shape index (κ1) is 83.3. The van der Waals surface area contributed by atoms with Gasteiger partial charge in [0.2, 0.25) is 65.0 Å². The van der Waals surface area contributed by atoms with Gasteiger partial charge in [0.15, 0.2) is 0 Å². The highest BCUT2D eigenvalue weighted by Gasteiger charge is 2.44. The summed E-state index contributed by atoms with van der Waals surface area (Å²) >= 11 is 0. The summed E-state index contributed by atoms with van der Waals surface area (Å²) in [5.41, 5.74) is 0.388. The molecule has 1 aromatic rings. The molecule has 2 saturated heterocycles. The first-order valence-electron chi connectivity index (χ1n) is 34.6. The van der Waals surface area contributed by atoms with E-state index in [-0.39, 0.29) is 37.4 Å². The lowest BCUT2D eigenvalue weighted by atomic mass is 9.95. The number of aliphatic hydroxyl groups is 1. The van der Waals surface area contributed by atoms with Crippen molar-refractivity contribution in [3.63, 3.8) is 0 Å².